The lowest BCUT2D eigenvalue weighted by Crippen LogP contribution is -2.32. The van der Waals surface area contributed by atoms with Crippen molar-refractivity contribution >= 4 is 11.6 Å². The number of hydrogen-bond donors (Lipinski definition) is 1. The Hall–Kier alpha value is -2.13. The fourth-order valence-corrected chi connectivity index (χ4v) is 3.44. The van der Waals surface area contributed by atoms with Crippen LogP contribution in [0.4, 0.5) is 5.69 Å². The summed E-state index contributed by atoms with van der Waals surface area (Å²) in [6, 6.07) is 14.1. The van der Waals surface area contributed by atoms with Crippen LogP contribution in [0.5, 0.6) is 0 Å². The number of aryl methyl sites for hydroxylation is 2. The molecule has 2 aromatic carbocycles. The van der Waals surface area contributed by atoms with E-state index in [1.54, 1.807) is 0 Å². The molecule has 1 saturated heterocycles. The average molecular weight is 336 g/mol. The number of likely N-dealkylation sites (tertiary alicyclic amines) is 1. The average Bonchev–Trinajstić information content (AvgIpc) is 2.61. The molecular formula is C22H28N2O. The molecule has 3 heteroatoms. The van der Waals surface area contributed by atoms with E-state index in [1.807, 2.05) is 44.2 Å². The van der Waals surface area contributed by atoms with Gasteiger partial charge in [0, 0.05) is 17.8 Å². The molecule has 0 atom stereocenters. The van der Waals surface area contributed by atoms with Crippen LogP contribution in [0.15, 0.2) is 42.5 Å². The number of carbonyl (C=O) groups is 1. The van der Waals surface area contributed by atoms with E-state index in [0.29, 0.717) is 5.56 Å². The molecule has 0 bridgehead atoms. The summed E-state index contributed by atoms with van der Waals surface area (Å²) in [6.07, 6.45) is 2.58. The SMILES string of the molecule is Cc1cccc(C)c1NC(=O)c1ccc(CN2CCC(C)CC2)cc1. The van der Waals surface area contributed by atoms with E-state index in [0.717, 1.165) is 29.3 Å². The zero-order valence-corrected chi connectivity index (χ0v) is 15.5. The van der Waals surface area contributed by atoms with Crippen LogP contribution >= 0.6 is 0 Å². The Balaban J connectivity index is 1.63. The molecule has 3 nitrogen and oxygen atoms in total. The minimum atomic E-state index is -0.0456. The molecule has 132 valence electrons. The summed E-state index contributed by atoms with van der Waals surface area (Å²) in [4.78, 5) is 15.0. The largest absolute Gasteiger partial charge is 0.322 e. The standard InChI is InChI=1S/C22H28N2O/c1-16-11-13-24(14-12-16)15-19-7-9-20(10-8-19)22(25)23-21-17(2)5-4-6-18(21)3/h4-10,16H,11-15H2,1-3H3,(H,23,25). The van der Waals surface area contributed by atoms with Gasteiger partial charge in [0.25, 0.3) is 5.91 Å². The van der Waals surface area contributed by atoms with Crippen molar-refractivity contribution in [3.8, 4) is 0 Å². The summed E-state index contributed by atoms with van der Waals surface area (Å²) in [7, 11) is 0. The van der Waals surface area contributed by atoms with Crippen LogP contribution in [0, 0.1) is 19.8 Å². The fourth-order valence-electron chi connectivity index (χ4n) is 3.44. The molecule has 1 N–H and O–H groups in total. The molecule has 1 heterocycles. The third-order valence-electron chi connectivity index (χ3n) is 5.22. The van der Waals surface area contributed by atoms with Crippen molar-refractivity contribution in [1.29, 1.82) is 0 Å². The monoisotopic (exact) mass is 336 g/mol. The lowest BCUT2D eigenvalue weighted by molar-refractivity contribution is 0.102. The normalized spacial score (nSPS) is 16.0. The summed E-state index contributed by atoms with van der Waals surface area (Å²) < 4.78 is 0. The maximum atomic E-state index is 12.5. The van der Waals surface area contributed by atoms with E-state index >= 15 is 0 Å². The summed E-state index contributed by atoms with van der Waals surface area (Å²) >= 11 is 0. The second kappa shape index (κ2) is 7.83. The lowest BCUT2D eigenvalue weighted by atomic mass is 9.99. The summed E-state index contributed by atoms with van der Waals surface area (Å²) in [5.74, 6) is 0.808. The van der Waals surface area contributed by atoms with Gasteiger partial charge in [-0.2, -0.15) is 0 Å². The predicted molar refractivity (Wildman–Crippen MR) is 104 cm³/mol. The zero-order valence-electron chi connectivity index (χ0n) is 15.5. The van der Waals surface area contributed by atoms with Crippen LogP contribution in [0.25, 0.3) is 0 Å². The number of nitrogens with one attached hydrogen (secondary N) is 1. The first-order chi connectivity index (χ1) is 12.0. The smallest absolute Gasteiger partial charge is 0.255 e. The Bertz CT molecular complexity index is 708. The van der Waals surface area contributed by atoms with Gasteiger partial charge in [0.15, 0.2) is 0 Å². The minimum Gasteiger partial charge on any atom is -0.322 e. The van der Waals surface area contributed by atoms with E-state index in [9.17, 15) is 4.79 Å². The molecule has 0 aromatic heterocycles. The van der Waals surface area contributed by atoms with Crippen molar-refractivity contribution in [2.24, 2.45) is 5.92 Å². The van der Waals surface area contributed by atoms with Crippen molar-refractivity contribution in [1.82, 2.24) is 4.90 Å². The van der Waals surface area contributed by atoms with E-state index in [-0.39, 0.29) is 5.91 Å². The fraction of sp³-hybridized carbons (Fsp3) is 0.409. The second-order valence-corrected chi connectivity index (χ2v) is 7.38. The third kappa shape index (κ3) is 4.49. The van der Waals surface area contributed by atoms with Crippen LogP contribution in [0.1, 0.15) is 46.8 Å². The number of piperidine rings is 1. The maximum Gasteiger partial charge on any atom is 0.255 e. The van der Waals surface area contributed by atoms with Crippen LogP contribution in [-0.4, -0.2) is 23.9 Å². The van der Waals surface area contributed by atoms with Crippen molar-refractivity contribution in [2.45, 2.75) is 40.2 Å². The number of carbonyl (C=O) groups excluding carboxylic acids is 1. The van der Waals surface area contributed by atoms with E-state index in [2.05, 4.69) is 29.3 Å². The molecule has 0 saturated carbocycles. The van der Waals surface area contributed by atoms with Gasteiger partial charge < -0.3 is 5.32 Å². The first kappa shape index (κ1) is 17.7. The zero-order chi connectivity index (χ0) is 17.8. The number of anilines is 1. The Morgan fingerprint density at radius 2 is 1.64 bits per heavy atom. The quantitative estimate of drug-likeness (QED) is 0.871. The Labute approximate surface area is 151 Å². The third-order valence-corrected chi connectivity index (χ3v) is 5.22. The van der Waals surface area contributed by atoms with Crippen molar-refractivity contribution in [2.75, 3.05) is 18.4 Å². The second-order valence-electron chi connectivity index (χ2n) is 7.38. The van der Waals surface area contributed by atoms with Gasteiger partial charge in [-0.15, -0.1) is 0 Å². The van der Waals surface area contributed by atoms with Crippen LogP contribution < -0.4 is 5.32 Å². The molecule has 25 heavy (non-hydrogen) atoms. The summed E-state index contributed by atoms with van der Waals surface area (Å²) in [5.41, 5.74) is 5.07. The van der Waals surface area contributed by atoms with Gasteiger partial charge in [0.1, 0.15) is 0 Å². The number of nitrogens with zero attached hydrogens (tertiary/aromatic N) is 1. The molecule has 1 aliphatic rings. The number of para-hydroxylation sites is 1. The molecule has 3 rings (SSSR count). The molecule has 1 fully saturated rings. The van der Waals surface area contributed by atoms with E-state index in [1.165, 1.54) is 31.5 Å². The Morgan fingerprint density at radius 1 is 1.04 bits per heavy atom. The van der Waals surface area contributed by atoms with Crippen LogP contribution in [-0.2, 0) is 6.54 Å². The number of benzene rings is 2. The Kier molecular flexibility index (Phi) is 5.54. The van der Waals surface area contributed by atoms with Gasteiger partial charge in [0.05, 0.1) is 0 Å². The first-order valence-electron chi connectivity index (χ1n) is 9.22. The highest BCUT2D eigenvalue weighted by atomic mass is 16.1. The maximum absolute atomic E-state index is 12.5. The summed E-state index contributed by atoms with van der Waals surface area (Å²) in [6.45, 7) is 9.70. The summed E-state index contributed by atoms with van der Waals surface area (Å²) in [5, 5.41) is 3.05. The van der Waals surface area contributed by atoms with E-state index in [4.69, 9.17) is 0 Å². The molecule has 0 spiro atoms. The number of hydrogen-bond acceptors (Lipinski definition) is 2. The molecule has 0 unspecified atom stereocenters. The molecule has 0 aliphatic carbocycles. The van der Waals surface area contributed by atoms with Gasteiger partial charge in [-0.3, -0.25) is 9.69 Å². The highest BCUT2D eigenvalue weighted by Gasteiger charge is 2.16. The highest BCUT2D eigenvalue weighted by Crippen LogP contribution is 2.21. The highest BCUT2D eigenvalue weighted by molar-refractivity contribution is 6.05. The molecule has 0 radical (unpaired) electrons. The first-order valence-corrected chi connectivity index (χ1v) is 9.22. The molecule has 2 aromatic rings. The predicted octanol–water partition coefficient (Wildman–Crippen LogP) is 4.79. The van der Waals surface area contributed by atoms with Crippen molar-refractivity contribution in [3.05, 3.63) is 64.7 Å². The van der Waals surface area contributed by atoms with Crippen LogP contribution in [0.3, 0.4) is 0 Å². The van der Waals surface area contributed by atoms with Gasteiger partial charge >= 0.3 is 0 Å². The van der Waals surface area contributed by atoms with Gasteiger partial charge in [0.2, 0.25) is 0 Å². The van der Waals surface area contributed by atoms with Crippen LogP contribution in [0.2, 0.25) is 0 Å². The van der Waals surface area contributed by atoms with Crippen molar-refractivity contribution < 1.29 is 4.79 Å². The molecule has 1 aliphatic heterocycles. The minimum absolute atomic E-state index is 0.0456. The van der Waals surface area contributed by atoms with Gasteiger partial charge in [-0.25, -0.2) is 0 Å². The van der Waals surface area contributed by atoms with E-state index < -0.39 is 0 Å². The van der Waals surface area contributed by atoms with Gasteiger partial charge in [-0.05, 0) is 74.5 Å². The molecule has 1 amide bonds. The van der Waals surface area contributed by atoms with Crippen molar-refractivity contribution in [3.63, 3.8) is 0 Å². The lowest BCUT2D eigenvalue weighted by Gasteiger charge is -2.30. The Morgan fingerprint density at radius 3 is 2.24 bits per heavy atom. The van der Waals surface area contributed by atoms with Gasteiger partial charge in [-0.1, -0.05) is 37.3 Å². The molecular weight excluding hydrogens is 308 g/mol. The topological polar surface area (TPSA) is 32.3 Å². The number of rotatable bonds is 4. The number of amides is 1.